The number of aromatic nitrogens is 2. The van der Waals surface area contributed by atoms with Crippen LogP contribution in [0.1, 0.15) is 0 Å². The number of pyridine rings is 1. The Morgan fingerprint density at radius 3 is 3.09 bits per heavy atom. The molecule has 0 aliphatic rings. The van der Waals surface area contributed by atoms with Gasteiger partial charge in [0.05, 0.1) is 11.7 Å². The Hall–Kier alpha value is -0.900. The highest BCUT2D eigenvalue weighted by atomic mass is 79.9. The highest BCUT2D eigenvalue weighted by Gasteiger charge is 2.00. The van der Waals surface area contributed by atoms with Gasteiger partial charge in [-0.25, -0.2) is 4.98 Å². The van der Waals surface area contributed by atoms with Crippen molar-refractivity contribution in [3.63, 3.8) is 0 Å². The molecule has 0 aliphatic carbocycles. The fourth-order valence-electron chi connectivity index (χ4n) is 0.957. The molecule has 2 aromatic rings. The lowest BCUT2D eigenvalue weighted by Crippen LogP contribution is -1.88. The molecule has 0 aromatic carbocycles. The summed E-state index contributed by atoms with van der Waals surface area (Å²) < 4.78 is 15.1. The fraction of sp³-hybridized carbons (Fsp3) is 0. The van der Waals surface area contributed by atoms with Crippen LogP contribution < -0.4 is 0 Å². The van der Waals surface area contributed by atoms with E-state index in [1.807, 2.05) is 0 Å². The third-order valence-corrected chi connectivity index (χ3v) is 1.90. The fourth-order valence-corrected chi connectivity index (χ4v) is 1.38. The van der Waals surface area contributed by atoms with E-state index >= 15 is 0 Å². The Morgan fingerprint density at radius 1 is 1.45 bits per heavy atom. The molecule has 0 spiro atoms. The van der Waals surface area contributed by atoms with Gasteiger partial charge in [0.15, 0.2) is 0 Å². The number of nitrogens with zero attached hydrogens (tertiary/aromatic N) is 2. The molecule has 0 atom stereocenters. The Bertz CT molecular complexity index is 396. The molecule has 0 unspecified atom stereocenters. The van der Waals surface area contributed by atoms with Crippen LogP contribution in [0.25, 0.3) is 5.52 Å². The molecule has 0 saturated carbocycles. The molecular weight excluding hydrogens is 211 g/mol. The van der Waals surface area contributed by atoms with Gasteiger partial charge in [0.25, 0.3) is 0 Å². The molecule has 0 bridgehead atoms. The average molecular weight is 215 g/mol. The van der Waals surface area contributed by atoms with Crippen molar-refractivity contribution >= 4 is 21.4 Å². The minimum Gasteiger partial charge on any atom is -0.275 e. The van der Waals surface area contributed by atoms with Crippen LogP contribution in [0.4, 0.5) is 4.39 Å². The second-order valence-electron chi connectivity index (χ2n) is 2.18. The molecule has 4 heteroatoms. The van der Waals surface area contributed by atoms with E-state index in [9.17, 15) is 4.39 Å². The molecular formula is C7H4BrFN2. The minimum absolute atomic E-state index is 0.313. The maximum atomic E-state index is 13.0. The number of rotatable bonds is 0. The van der Waals surface area contributed by atoms with Crippen LogP contribution in [0, 0.1) is 5.95 Å². The summed E-state index contributed by atoms with van der Waals surface area (Å²) in [5.74, 6) is -0.313. The first kappa shape index (κ1) is 6.79. The van der Waals surface area contributed by atoms with Crippen molar-refractivity contribution < 1.29 is 4.39 Å². The maximum Gasteiger partial charge on any atom is 0.200 e. The van der Waals surface area contributed by atoms with Gasteiger partial charge in [0, 0.05) is 10.5 Å². The monoisotopic (exact) mass is 214 g/mol. The molecule has 0 fully saturated rings. The van der Waals surface area contributed by atoms with Crippen LogP contribution in [-0.2, 0) is 0 Å². The Kier molecular flexibility index (Phi) is 1.42. The van der Waals surface area contributed by atoms with Crippen molar-refractivity contribution in [3.8, 4) is 0 Å². The van der Waals surface area contributed by atoms with Gasteiger partial charge in [-0.15, -0.1) is 0 Å². The van der Waals surface area contributed by atoms with Gasteiger partial charge in [0.2, 0.25) is 5.95 Å². The zero-order valence-corrected chi connectivity index (χ0v) is 7.05. The van der Waals surface area contributed by atoms with E-state index in [0.29, 0.717) is 0 Å². The number of imidazole rings is 1. The lowest BCUT2D eigenvalue weighted by atomic mass is 10.4. The van der Waals surface area contributed by atoms with E-state index in [0.717, 1.165) is 9.99 Å². The summed E-state index contributed by atoms with van der Waals surface area (Å²) >= 11 is 3.19. The normalized spacial score (nSPS) is 10.7. The lowest BCUT2D eigenvalue weighted by molar-refractivity contribution is 0.566. The highest BCUT2D eigenvalue weighted by molar-refractivity contribution is 9.10. The Morgan fingerprint density at radius 2 is 2.27 bits per heavy atom. The molecule has 2 rings (SSSR count). The first-order chi connectivity index (χ1) is 5.27. The molecule has 0 saturated heterocycles. The summed E-state index contributed by atoms with van der Waals surface area (Å²) in [5.41, 5.74) is 0.747. The van der Waals surface area contributed by atoms with Gasteiger partial charge in [-0.05, 0) is 6.07 Å². The molecule has 2 heterocycles. The number of halogens is 2. The topological polar surface area (TPSA) is 17.3 Å². The molecule has 0 amide bonds. The molecule has 0 radical (unpaired) electrons. The average Bonchev–Trinajstić information content (AvgIpc) is 2.34. The molecule has 2 nitrogen and oxygen atoms in total. The van der Waals surface area contributed by atoms with Gasteiger partial charge >= 0.3 is 0 Å². The van der Waals surface area contributed by atoms with Gasteiger partial charge < -0.3 is 0 Å². The van der Waals surface area contributed by atoms with E-state index in [-0.39, 0.29) is 5.95 Å². The predicted molar refractivity (Wildman–Crippen MR) is 42.9 cm³/mol. The number of hydrogen-bond acceptors (Lipinski definition) is 1. The summed E-state index contributed by atoms with van der Waals surface area (Å²) in [4.78, 5) is 3.81. The Balaban J connectivity index is 2.91. The van der Waals surface area contributed by atoms with Crippen molar-refractivity contribution in [1.82, 2.24) is 9.38 Å². The van der Waals surface area contributed by atoms with Gasteiger partial charge in [-0.1, -0.05) is 15.9 Å². The van der Waals surface area contributed by atoms with Crippen LogP contribution in [0.5, 0.6) is 0 Å². The molecule has 11 heavy (non-hydrogen) atoms. The van der Waals surface area contributed by atoms with Crippen molar-refractivity contribution in [2.24, 2.45) is 0 Å². The zero-order chi connectivity index (χ0) is 7.84. The molecule has 2 aromatic heterocycles. The summed E-state index contributed by atoms with van der Waals surface area (Å²) in [6.07, 6.45) is 3.05. The lowest BCUT2D eigenvalue weighted by Gasteiger charge is -1.95. The van der Waals surface area contributed by atoms with Crippen molar-refractivity contribution in [1.29, 1.82) is 0 Å². The third-order valence-electron chi connectivity index (χ3n) is 1.44. The largest absolute Gasteiger partial charge is 0.275 e. The van der Waals surface area contributed by atoms with Crippen molar-refractivity contribution in [2.75, 3.05) is 0 Å². The predicted octanol–water partition coefficient (Wildman–Crippen LogP) is 2.24. The molecule has 0 aliphatic heterocycles. The summed E-state index contributed by atoms with van der Waals surface area (Å²) in [6, 6.07) is 3.20. The Labute approximate surface area is 70.8 Å². The van der Waals surface area contributed by atoms with E-state index < -0.39 is 0 Å². The van der Waals surface area contributed by atoms with E-state index in [1.165, 1.54) is 16.8 Å². The van der Waals surface area contributed by atoms with Crippen LogP contribution in [0.15, 0.2) is 29.1 Å². The van der Waals surface area contributed by atoms with E-state index in [1.54, 1.807) is 12.3 Å². The first-order valence-electron chi connectivity index (χ1n) is 3.04. The van der Waals surface area contributed by atoms with Crippen LogP contribution in [-0.4, -0.2) is 9.38 Å². The van der Waals surface area contributed by atoms with E-state index in [2.05, 4.69) is 20.9 Å². The van der Waals surface area contributed by atoms with Crippen molar-refractivity contribution in [3.05, 3.63) is 35.1 Å². The van der Waals surface area contributed by atoms with Crippen LogP contribution in [0.3, 0.4) is 0 Å². The van der Waals surface area contributed by atoms with Gasteiger partial charge in [0.1, 0.15) is 6.33 Å². The van der Waals surface area contributed by atoms with Gasteiger partial charge in [-0.2, -0.15) is 4.39 Å². The SMILES string of the molecule is Fc1cc(Br)cc2cncn12. The standard InChI is InChI=1S/C7H4BrFN2/c8-5-1-6-3-10-4-11(6)7(9)2-5/h1-4H. The minimum atomic E-state index is -0.313. The highest BCUT2D eigenvalue weighted by Crippen LogP contribution is 2.14. The van der Waals surface area contributed by atoms with E-state index in [4.69, 9.17) is 0 Å². The molecule has 0 N–H and O–H groups in total. The molecule has 56 valence electrons. The second-order valence-corrected chi connectivity index (χ2v) is 3.10. The smallest absolute Gasteiger partial charge is 0.200 e. The maximum absolute atomic E-state index is 13.0. The summed E-state index contributed by atoms with van der Waals surface area (Å²) in [5, 5.41) is 0. The zero-order valence-electron chi connectivity index (χ0n) is 5.46. The number of fused-ring (bicyclic) bond motifs is 1. The van der Waals surface area contributed by atoms with Crippen LogP contribution >= 0.6 is 15.9 Å². The number of hydrogen-bond donors (Lipinski definition) is 0. The van der Waals surface area contributed by atoms with Gasteiger partial charge in [-0.3, -0.25) is 4.40 Å². The quantitative estimate of drug-likeness (QED) is 0.616. The van der Waals surface area contributed by atoms with Crippen molar-refractivity contribution in [2.45, 2.75) is 0 Å². The summed E-state index contributed by atoms with van der Waals surface area (Å²) in [6.45, 7) is 0. The van der Waals surface area contributed by atoms with Crippen LogP contribution in [0.2, 0.25) is 0 Å². The second kappa shape index (κ2) is 2.30. The first-order valence-corrected chi connectivity index (χ1v) is 3.84. The summed E-state index contributed by atoms with van der Waals surface area (Å²) in [7, 11) is 0. The third kappa shape index (κ3) is 1.03.